The van der Waals surface area contributed by atoms with Crippen molar-refractivity contribution in [3.8, 4) is 0 Å². The Kier molecular flexibility index (Phi) is 4.33. The number of halogens is 1. The first-order valence-corrected chi connectivity index (χ1v) is 8.81. The molecular weight excluding hydrogens is 322 g/mol. The molecule has 1 fully saturated rings. The molecule has 0 unspecified atom stereocenters. The Hall–Kier alpha value is -1.63. The van der Waals surface area contributed by atoms with Crippen LogP contribution in [0.3, 0.4) is 0 Å². The SMILES string of the molecule is O=S(=O)(c1ccc(Cl)nc1)N1CCN(c2ccccc2)CC1. The predicted octanol–water partition coefficient (Wildman–Crippen LogP) is 2.25. The lowest BCUT2D eigenvalue weighted by Crippen LogP contribution is -2.48. The maximum Gasteiger partial charge on any atom is 0.244 e. The summed E-state index contributed by atoms with van der Waals surface area (Å²) in [4.78, 5) is 6.22. The number of anilines is 1. The highest BCUT2D eigenvalue weighted by Crippen LogP contribution is 2.21. The normalized spacial score (nSPS) is 16.7. The predicted molar refractivity (Wildman–Crippen MR) is 86.7 cm³/mol. The minimum atomic E-state index is -3.50. The number of para-hydroxylation sites is 1. The number of aromatic nitrogens is 1. The molecule has 0 bridgehead atoms. The van der Waals surface area contributed by atoms with Crippen LogP contribution in [0.5, 0.6) is 0 Å². The van der Waals surface area contributed by atoms with E-state index >= 15 is 0 Å². The van der Waals surface area contributed by atoms with E-state index in [0.29, 0.717) is 26.2 Å². The van der Waals surface area contributed by atoms with Gasteiger partial charge in [0.1, 0.15) is 10.0 Å². The molecule has 1 aromatic heterocycles. The van der Waals surface area contributed by atoms with Gasteiger partial charge in [-0.1, -0.05) is 29.8 Å². The Morgan fingerprint density at radius 1 is 0.955 bits per heavy atom. The fraction of sp³-hybridized carbons (Fsp3) is 0.267. The van der Waals surface area contributed by atoms with Gasteiger partial charge in [0, 0.05) is 38.1 Å². The summed E-state index contributed by atoms with van der Waals surface area (Å²) in [6.07, 6.45) is 1.31. The van der Waals surface area contributed by atoms with E-state index in [2.05, 4.69) is 9.88 Å². The number of pyridine rings is 1. The summed E-state index contributed by atoms with van der Waals surface area (Å²) < 4.78 is 26.6. The second-order valence-corrected chi connectivity index (χ2v) is 7.37. The second kappa shape index (κ2) is 6.24. The zero-order valence-electron chi connectivity index (χ0n) is 11.9. The van der Waals surface area contributed by atoms with Gasteiger partial charge in [-0.05, 0) is 24.3 Å². The molecule has 2 heterocycles. The number of hydrogen-bond donors (Lipinski definition) is 0. The Morgan fingerprint density at radius 3 is 2.23 bits per heavy atom. The summed E-state index contributed by atoms with van der Waals surface area (Å²) in [5.74, 6) is 0. The van der Waals surface area contributed by atoms with Crippen LogP contribution in [0.15, 0.2) is 53.6 Å². The van der Waals surface area contributed by atoms with E-state index in [1.54, 1.807) is 0 Å². The van der Waals surface area contributed by atoms with Crippen molar-refractivity contribution < 1.29 is 8.42 Å². The molecule has 0 N–H and O–H groups in total. The van der Waals surface area contributed by atoms with E-state index < -0.39 is 10.0 Å². The van der Waals surface area contributed by atoms with Gasteiger partial charge in [0.2, 0.25) is 10.0 Å². The Balaban J connectivity index is 1.72. The van der Waals surface area contributed by atoms with Crippen molar-refractivity contribution in [2.45, 2.75) is 4.90 Å². The van der Waals surface area contributed by atoms with Crippen LogP contribution < -0.4 is 4.90 Å². The monoisotopic (exact) mass is 337 g/mol. The first kappa shape index (κ1) is 15.3. The Morgan fingerprint density at radius 2 is 1.64 bits per heavy atom. The zero-order chi connectivity index (χ0) is 15.6. The van der Waals surface area contributed by atoms with Crippen LogP contribution in [0, 0.1) is 0 Å². The molecule has 0 spiro atoms. The largest absolute Gasteiger partial charge is 0.369 e. The van der Waals surface area contributed by atoms with Crippen LogP contribution in [-0.4, -0.2) is 43.9 Å². The molecule has 2 aromatic rings. The standard InChI is InChI=1S/C15H16ClN3O2S/c16-15-7-6-14(12-17-15)22(20,21)19-10-8-18(9-11-19)13-4-2-1-3-5-13/h1-7,12H,8-11H2. The van der Waals surface area contributed by atoms with Gasteiger partial charge in [0.05, 0.1) is 0 Å². The first-order chi connectivity index (χ1) is 10.6. The average molecular weight is 338 g/mol. The van der Waals surface area contributed by atoms with E-state index in [1.807, 2.05) is 30.3 Å². The van der Waals surface area contributed by atoms with Crippen molar-refractivity contribution in [1.29, 1.82) is 0 Å². The summed E-state index contributed by atoms with van der Waals surface area (Å²) in [5, 5.41) is 0.285. The van der Waals surface area contributed by atoms with Crippen LogP contribution >= 0.6 is 11.6 Å². The second-order valence-electron chi connectivity index (χ2n) is 5.04. The molecule has 22 heavy (non-hydrogen) atoms. The molecule has 1 aliphatic heterocycles. The molecule has 1 saturated heterocycles. The Labute approximate surface area is 135 Å². The van der Waals surface area contributed by atoms with Crippen molar-refractivity contribution in [1.82, 2.24) is 9.29 Å². The summed E-state index contributed by atoms with van der Waals surface area (Å²) in [6.45, 7) is 2.26. The number of rotatable bonds is 3. The third-order valence-corrected chi connectivity index (χ3v) is 5.80. The number of sulfonamides is 1. The highest BCUT2D eigenvalue weighted by molar-refractivity contribution is 7.89. The zero-order valence-corrected chi connectivity index (χ0v) is 13.5. The molecular formula is C15H16ClN3O2S. The van der Waals surface area contributed by atoms with Gasteiger partial charge in [-0.3, -0.25) is 0 Å². The molecule has 5 nitrogen and oxygen atoms in total. The minimum absolute atomic E-state index is 0.185. The molecule has 116 valence electrons. The van der Waals surface area contributed by atoms with E-state index in [0.717, 1.165) is 5.69 Å². The fourth-order valence-corrected chi connectivity index (χ4v) is 3.97. The van der Waals surface area contributed by atoms with E-state index in [-0.39, 0.29) is 10.0 Å². The van der Waals surface area contributed by atoms with Gasteiger partial charge >= 0.3 is 0 Å². The number of benzene rings is 1. The third-order valence-electron chi connectivity index (χ3n) is 3.70. The number of piperazine rings is 1. The van der Waals surface area contributed by atoms with Crippen LogP contribution in [0.25, 0.3) is 0 Å². The van der Waals surface area contributed by atoms with E-state index in [9.17, 15) is 8.42 Å². The molecule has 0 radical (unpaired) electrons. The smallest absolute Gasteiger partial charge is 0.244 e. The average Bonchev–Trinajstić information content (AvgIpc) is 2.56. The highest BCUT2D eigenvalue weighted by atomic mass is 35.5. The molecule has 3 rings (SSSR count). The van der Waals surface area contributed by atoms with Crippen LogP contribution in [0.4, 0.5) is 5.69 Å². The summed E-state index contributed by atoms with van der Waals surface area (Å²) in [7, 11) is -3.50. The number of hydrogen-bond acceptors (Lipinski definition) is 4. The molecule has 0 atom stereocenters. The molecule has 1 aromatic carbocycles. The maximum atomic E-state index is 12.6. The summed E-state index contributed by atoms with van der Waals surface area (Å²) in [6, 6.07) is 13.0. The number of nitrogens with zero attached hydrogens (tertiary/aromatic N) is 3. The minimum Gasteiger partial charge on any atom is -0.369 e. The lowest BCUT2D eigenvalue weighted by atomic mass is 10.2. The highest BCUT2D eigenvalue weighted by Gasteiger charge is 2.28. The molecule has 1 aliphatic rings. The maximum absolute atomic E-state index is 12.6. The van der Waals surface area contributed by atoms with Crippen LogP contribution in [-0.2, 0) is 10.0 Å². The van der Waals surface area contributed by atoms with Gasteiger partial charge in [-0.2, -0.15) is 4.31 Å². The fourth-order valence-electron chi connectivity index (χ4n) is 2.49. The van der Waals surface area contributed by atoms with Gasteiger partial charge in [-0.25, -0.2) is 13.4 Å². The van der Waals surface area contributed by atoms with Crippen LogP contribution in [0.2, 0.25) is 5.15 Å². The molecule has 7 heteroatoms. The third kappa shape index (κ3) is 3.09. The molecule has 0 aliphatic carbocycles. The lowest BCUT2D eigenvalue weighted by molar-refractivity contribution is 0.385. The summed E-state index contributed by atoms with van der Waals surface area (Å²) in [5.41, 5.74) is 1.12. The van der Waals surface area contributed by atoms with E-state index in [4.69, 9.17) is 11.6 Å². The van der Waals surface area contributed by atoms with Gasteiger partial charge < -0.3 is 4.90 Å². The first-order valence-electron chi connectivity index (χ1n) is 6.99. The topological polar surface area (TPSA) is 53.5 Å². The van der Waals surface area contributed by atoms with Crippen molar-refractivity contribution in [3.63, 3.8) is 0 Å². The summed E-state index contributed by atoms with van der Waals surface area (Å²) >= 11 is 5.71. The van der Waals surface area contributed by atoms with Crippen LogP contribution in [0.1, 0.15) is 0 Å². The van der Waals surface area contributed by atoms with Gasteiger partial charge in [0.25, 0.3) is 0 Å². The van der Waals surface area contributed by atoms with Crippen molar-refractivity contribution in [2.75, 3.05) is 31.1 Å². The van der Waals surface area contributed by atoms with Crippen molar-refractivity contribution in [3.05, 3.63) is 53.8 Å². The van der Waals surface area contributed by atoms with Gasteiger partial charge in [-0.15, -0.1) is 0 Å². The van der Waals surface area contributed by atoms with Crippen molar-refractivity contribution in [2.24, 2.45) is 0 Å². The lowest BCUT2D eigenvalue weighted by Gasteiger charge is -2.35. The molecule has 0 saturated carbocycles. The quantitative estimate of drug-likeness (QED) is 0.806. The van der Waals surface area contributed by atoms with E-state index in [1.165, 1.54) is 22.6 Å². The molecule has 0 amide bonds. The Bertz CT molecular complexity index is 727. The van der Waals surface area contributed by atoms with Crippen molar-refractivity contribution >= 4 is 27.3 Å². The van der Waals surface area contributed by atoms with Gasteiger partial charge in [0.15, 0.2) is 0 Å².